The summed E-state index contributed by atoms with van der Waals surface area (Å²) in [6.45, 7) is 3.97. The van der Waals surface area contributed by atoms with Crippen molar-refractivity contribution in [1.29, 1.82) is 0 Å². The van der Waals surface area contributed by atoms with Crippen molar-refractivity contribution < 1.29 is 23.3 Å². The molecule has 29 heavy (non-hydrogen) atoms. The summed E-state index contributed by atoms with van der Waals surface area (Å²) in [4.78, 5) is 7.95. The van der Waals surface area contributed by atoms with Gasteiger partial charge in [0.25, 0.3) is 5.89 Å². The van der Waals surface area contributed by atoms with Gasteiger partial charge >= 0.3 is 0 Å². The first-order chi connectivity index (χ1) is 14.2. The average molecular weight is 399 g/mol. The molecule has 3 aromatic rings. The quantitative estimate of drug-likeness (QED) is 0.682. The summed E-state index contributed by atoms with van der Waals surface area (Å²) in [6.07, 6.45) is 0. The Morgan fingerprint density at radius 3 is 2.55 bits per heavy atom. The van der Waals surface area contributed by atoms with Crippen molar-refractivity contribution in [1.82, 2.24) is 10.1 Å². The van der Waals surface area contributed by atoms with Gasteiger partial charge in [-0.2, -0.15) is 4.98 Å². The van der Waals surface area contributed by atoms with Crippen molar-refractivity contribution in [2.24, 2.45) is 0 Å². The van der Waals surface area contributed by atoms with Crippen molar-refractivity contribution in [2.75, 3.05) is 45.3 Å². The number of quaternary nitrogens is 1. The fraction of sp³-hybridized carbons (Fsp3) is 0.333. The monoisotopic (exact) mass is 399 g/mol. The summed E-state index contributed by atoms with van der Waals surface area (Å²) in [7, 11) is 3.19. The molecule has 0 saturated carbocycles. The Morgan fingerprint density at radius 1 is 1.07 bits per heavy atom. The summed E-state index contributed by atoms with van der Waals surface area (Å²) in [5.41, 5.74) is 1.47. The SMILES string of the molecule is COc1ccc(-c2noc(C[NH+]3CCN(c4ccccc4F)CC3)n2)cc1OC. The van der Waals surface area contributed by atoms with Crippen LogP contribution in [0.3, 0.4) is 0 Å². The molecule has 0 radical (unpaired) electrons. The molecule has 2 heterocycles. The average Bonchev–Trinajstić information content (AvgIpc) is 3.23. The summed E-state index contributed by atoms with van der Waals surface area (Å²) in [5, 5.41) is 4.10. The molecular weight excluding hydrogens is 375 g/mol. The van der Waals surface area contributed by atoms with Crippen LogP contribution in [0.5, 0.6) is 11.5 Å². The molecule has 1 aromatic heterocycles. The first kappa shape index (κ1) is 19.2. The van der Waals surface area contributed by atoms with Crippen LogP contribution in [0.4, 0.5) is 10.1 Å². The second-order valence-electron chi connectivity index (χ2n) is 6.95. The second-order valence-corrected chi connectivity index (χ2v) is 6.95. The summed E-state index contributed by atoms with van der Waals surface area (Å²) < 4.78 is 30.0. The van der Waals surface area contributed by atoms with E-state index in [4.69, 9.17) is 14.0 Å². The number of anilines is 1. The molecule has 0 amide bonds. The van der Waals surface area contributed by atoms with E-state index in [1.807, 2.05) is 30.3 Å². The van der Waals surface area contributed by atoms with Crippen LogP contribution >= 0.6 is 0 Å². The number of methoxy groups -OCH3 is 2. The molecule has 0 spiro atoms. The predicted octanol–water partition coefficient (Wildman–Crippen LogP) is 1.80. The zero-order valence-corrected chi connectivity index (χ0v) is 16.5. The Labute approximate surface area is 168 Å². The van der Waals surface area contributed by atoms with Crippen LogP contribution in [0.15, 0.2) is 47.0 Å². The Morgan fingerprint density at radius 2 is 1.83 bits per heavy atom. The third-order valence-electron chi connectivity index (χ3n) is 5.17. The van der Waals surface area contributed by atoms with Gasteiger partial charge in [0.05, 0.1) is 46.1 Å². The molecule has 8 heteroatoms. The normalized spacial score (nSPS) is 14.8. The smallest absolute Gasteiger partial charge is 0.282 e. The van der Waals surface area contributed by atoms with E-state index in [9.17, 15) is 4.39 Å². The maximum Gasteiger partial charge on any atom is 0.282 e. The van der Waals surface area contributed by atoms with E-state index in [1.54, 1.807) is 20.3 Å². The lowest BCUT2D eigenvalue weighted by Crippen LogP contribution is -3.13. The molecular formula is C21H24FN4O3+. The molecule has 1 saturated heterocycles. The topological polar surface area (TPSA) is 65.1 Å². The van der Waals surface area contributed by atoms with Gasteiger partial charge in [-0.25, -0.2) is 4.39 Å². The number of aromatic nitrogens is 2. The van der Waals surface area contributed by atoms with Crippen LogP contribution in [-0.4, -0.2) is 50.5 Å². The number of hydrogen-bond acceptors (Lipinski definition) is 6. The molecule has 1 N–H and O–H groups in total. The van der Waals surface area contributed by atoms with Crippen molar-refractivity contribution in [3.63, 3.8) is 0 Å². The second kappa shape index (κ2) is 8.48. The highest BCUT2D eigenvalue weighted by atomic mass is 19.1. The highest BCUT2D eigenvalue weighted by Crippen LogP contribution is 2.31. The van der Waals surface area contributed by atoms with Gasteiger partial charge in [-0.1, -0.05) is 17.3 Å². The van der Waals surface area contributed by atoms with E-state index in [-0.39, 0.29) is 5.82 Å². The molecule has 0 bridgehead atoms. The number of para-hydroxylation sites is 1. The van der Waals surface area contributed by atoms with Gasteiger partial charge in [0.2, 0.25) is 5.82 Å². The Kier molecular flexibility index (Phi) is 5.62. The lowest BCUT2D eigenvalue weighted by Gasteiger charge is -2.33. The van der Waals surface area contributed by atoms with Crippen molar-refractivity contribution in [2.45, 2.75) is 6.54 Å². The van der Waals surface area contributed by atoms with E-state index in [2.05, 4.69) is 15.0 Å². The largest absolute Gasteiger partial charge is 0.493 e. The van der Waals surface area contributed by atoms with Gasteiger partial charge in [-0.3, -0.25) is 0 Å². The van der Waals surface area contributed by atoms with E-state index >= 15 is 0 Å². The number of halogens is 1. The number of ether oxygens (including phenoxy) is 2. The summed E-state index contributed by atoms with van der Waals surface area (Å²) in [6, 6.07) is 12.4. The van der Waals surface area contributed by atoms with Crippen LogP contribution < -0.4 is 19.3 Å². The van der Waals surface area contributed by atoms with E-state index in [0.29, 0.717) is 35.4 Å². The molecule has 0 unspecified atom stereocenters. The molecule has 152 valence electrons. The number of nitrogens with one attached hydrogen (secondary N) is 1. The molecule has 1 aliphatic heterocycles. The van der Waals surface area contributed by atoms with Crippen LogP contribution in [-0.2, 0) is 6.54 Å². The first-order valence-electron chi connectivity index (χ1n) is 9.56. The summed E-state index contributed by atoms with van der Waals surface area (Å²) >= 11 is 0. The minimum Gasteiger partial charge on any atom is -0.493 e. The molecule has 0 aliphatic carbocycles. The fourth-order valence-electron chi connectivity index (χ4n) is 3.58. The van der Waals surface area contributed by atoms with Gasteiger partial charge in [-0.15, -0.1) is 0 Å². The van der Waals surface area contributed by atoms with Crippen LogP contribution in [0.2, 0.25) is 0 Å². The van der Waals surface area contributed by atoms with Crippen LogP contribution in [0.1, 0.15) is 5.89 Å². The third kappa shape index (κ3) is 4.17. The fourth-order valence-corrected chi connectivity index (χ4v) is 3.58. The van der Waals surface area contributed by atoms with Gasteiger partial charge in [0, 0.05) is 5.56 Å². The molecule has 0 atom stereocenters. The van der Waals surface area contributed by atoms with Gasteiger partial charge in [0.1, 0.15) is 5.82 Å². The zero-order chi connectivity index (χ0) is 20.2. The minimum absolute atomic E-state index is 0.174. The lowest BCUT2D eigenvalue weighted by molar-refractivity contribution is -0.915. The van der Waals surface area contributed by atoms with Crippen LogP contribution in [0.25, 0.3) is 11.4 Å². The first-order valence-corrected chi connectivity index (χ1v) is 9.56. The maximum absolute atomic E-state index is 14.0. The number of benzene rings is 2. The van der Waals surface area contributed by atoms with Gasteiger partial charge < -0.3 is 23.8 Å². The molecule has 1 fully saturated rings. The van der Waals surface area contributed by atoms with Gasteiger partial charge in [-0.05, 0) is 30.3 Å². The maximum atomic E-state index is 14.0. The lowest BCUT2D eigenvalue weighted by atomic mass is 10.2. The van der Waals surface area contributed by atoms with E-state index < -0.39 is 0 Å². The van der Waals surface area contributed by atoms with Gasteiger partial charge in [0.15, 0.2) is 18.0 Å². The van der Waals surface area contributed by atoms with E-state index in [0.717, 1.165) is 31.7 Å². The highest BCUT2D eigenvalue weighted by molar-refractivity contribution is 5.60. The zero-order valence-electron chi connectivity index (χ0n) is 16.5. The molecule has 1 aliphatic rings. The van der Waals surface area contributed by atoms with Crippen molar-refractivity contribution in [3.8, 4) is 22.9 Å². The van der Waals surface area contributed by atoms with Crippen molar-refractivity contribution >= 4 is 5.69 Å². The number of piperazine rings is 1. The Hall–Kier alpha value is -3.13. The van der Waals surface area contributed by atoms with E-state index in [1.165, 1.54) is 11.0 Å². The van der Waals surface area contributed by atoms with Crippen LogP contribution in [0, 0.1) is 5.82 Å². The van der Waals surface area contributed by atoms with Crippen molar-refractivity contribution in [3.05, 3.63) is 54.2 Å². The predicted molar refractivity (Wildman–Crippen MR) is 106 cm³/mol. The molecule has 7 nitrogen and oxygen atoms in total. The molecule has 4 rings (SSSR count). The highest BCUT2D eigenvalue weighted by Gasteiger charge is 2.24. The minimum atomic E-state index is -0.174. The number of rotatable bonds is 6. The third-order valence-corrected chi connectivity index (χ3v) is 5.17. The Balaban J connectivity index is 1.38. The standard InChI is InChI=1S/C21H23FN4O3/c1-27-18-8-7-15(13-19(18)28-2)21-23-20(29-24-21)14-25-9-11-26(12-10-25)17-6-4-3-5-16(17)22/h3-8,13H,9-12,14H2,1-2H3/p+1. The number of hydrogen-bond donors (Lipinski definition) is 1. The summed E-state index contributed by atoms with van der Waals surface area (Å²) in [5.74, 6) is 2.20. The molecule has 2 aromatic carbocycles. The Bertz CT molecular complexity index is 970. The number of nitrogens with zero attached hydrogens (tertiary/aromatic N) is 3.